The lowest BCUT2D eigenvalue weighted by molar-refractivity contribution is 0.154. The van der Waals surface area contributed by atoms with Crippen LogP contribution in [0.3, 0.4) is 0 Å². The van der Waals surface area contributed by atoms with Crippen molar-refractivity contribution in [2.24, 2.45) is 0 Å². The van der Waals surface area contributed by atoms with Gasteiger partial charge in [0, 0.05) is 17.7 Å². The summed E-state index contributed by atoms with van der Waals surface area (Å²) >= 11 is 0. The molecule has 0 aliphatic heterocycles. The summed E-state index contributed by atoms with van der Waals surface area (Å²) in [6.45, 7) is 5.84. The maximum absolute atomic E-state index is 14.2. The molecule has 0 radical (unpaired) electrons. The zero-order valence-electron chi connectivity index (χ0n) is 18.5. The van der Waals surface area contributed by atoms with Crippen molar-refractivity contribution in [2.45, 2.75) is 44.1 Å². The average molecular weight is 472 g/mol. The van der Waals surface area contributed by atoms with Crippen LogP contribution < -0.4 is 4.74 Å². The SMILES string of the molecule is CCC(Oc1ccc(-c2noc(C(C)C)n2)nc1)c1nc(-c2ccc(S(C)=O)c(F)c2)no1. The van der Waals surface area contributed by atoms with Gasteiger partial charge in [-0.05, 0) is 36.8 Å². The summed E-state index contributed by atoms with van der Waals surface area (Å²) < 4.78 is 42.3. The van der Waals surface area contributed by atoms with E-state index in [9.17, 15) is 8.60 Å². The molecule has 4 rings (SSSR count). The third-order valence-corrected chi connectivity index (χ3v) is 5.72. The minimum Gasteiger partial charge on any atom is -0.479 e. The molecule has 4 aromatic rings. The van der Waals surface area contributed by atoms with Crippen molar-refractivity contribution < 1.29 is 22.4 Å². The van der Waals surface area contributed by atoms with Gasteiger partial charge < -0.3 is 13.8 Å². The molecule has 3 aromatic heterocycles. The summed E-state index contributed by atoms with van der Waals surface area (Å²) in [6.07, 6.45) is 3.00. The van der Waals surface area contributed by atoms with Crippen LogP contribution in [0.5, 0.6) is 5.75 Å². The van der Waals surface area contributed by atoms with Gasteiger partial charge in [0.25, 0.3) is 5.89 Å². The van der Waals surface area contributed by atoms with Crippen LogP contribution in [-0.4, -0.2) is 35.7 Å². The molecule has 0 N–H and O–H groups in total. The van der Waals surface area contributed by atoms with E-state index in [1.54, 1.807) is 24.4 Å². The number of halogens is 1. The zero-order valence-corrected chi connectivity index (χ0v) is 19.3. The van der Waals surface area contributed by atoms with E-state index in [-0.39, 0.29) is 22.5 Å². The van der Waals surface area contributed by atoms with Gasteiger partial charge in [-0.15, -0.1) is 0 Å². The van der Waals surface area contributed by atoms with Gasteiger partial charge in [-0.3, -0.25) is 4.21 Å². The first-order chi connectivity index (χ1) is 15.9. The molecule has 0 fully saturated rings. The second kappa shape index (κ2) is 9.57. The third-order valence-electron chi connectivity index (χ3n) is 4.77. The molecule has 11 heteroatoms. The van der Waals surface area contributed by atoms with Crippen molar-refractivity contribution in [2.75, 3.05) is 6.26 Å². The highest BCUT2D eigenvalue weighted by atomic mass is 32.2. The summed E-state index contributed by atoms with van der Waals surface area (Å²) in [4.78, 5) is 13.1. The zero-order chi connectivity index (χ0) is 23.5. The standard InChI is InChI=1S/C22H22FN5O4S/c1-5-17(22-25-19(27-32-22)13-6-9-18(33(4)29)15(23)10-13)30-14-7-8-16(24-11-14)20-26-21(12(2)3)31-28-20/h6-12,17H,5H2,1-4H3. The Hall–Kier alpha value is -3.47. The highest BCUT2D eigenvalue weighted by Gasteiger charge is 2.21. The van der Waals surface area contributed by atoms with Crippen LogP contribution in [0.2, 0.25) is 0 Å². The van der Waals surface area contributed by atoms with Crippen molar-refractivity contribution in [3.05, 3.63) is 54.1 Å². The van der Waals surface area contributed by atoms with E-state index in [1.165, 1.54) is 18.4 Å². The molecule has 1 aromatic carbocycles. The smallest absolute Gasteiger partial charge is 0.268 e. The molecule has 0 saturated carbocycles. The Morgan fingerprint density at radius 2 is 1.79 bits per heavy atom. The van der Waals surface area contributed by atoms with E-state index in [4.69, 9.17) is 13.8 Å². The van der Waals surface area contributed by atoms with Crippen LogP contribution in [0.15, 0.2) is 50.5 Å². The number of nitrogens with zero attached hydrogens (tertiary/aromatic N) is 5. The van der Waals surface area contributed by atoms with Crippen LogP contribution in [-0.2, 0) is 10.8 Å². The number of hydrogen-bond acceptors (Lipinski definition) is 9. The molecule has 3 heterocycles. The molecule has 0 spiro atoms. The van der Waals surface area contributed by atoms with E-state index in [0.29, 0.717) is 35.1 Å². The molecule has 0 aliphatic carbocycles. The number of aromatic nitrogens is 5. The number of hydrogen-bond donors (Lipinski definition) is 0. The molecule has 2 atom stereocenters. The minimum absolute atomic E-state index is 0.120. The van der Waals surface area contributed by atoms with E-state index in [0.717, 1.165) is 0 Å². The van der Waals surface area contributed by atoms with Crippen molar-refractivity contribution >= 4 is 10.8 Å². The second-order valence-electron chi connectivity index (χ2n) is 7.56. The van der Waals surface area contributed by atoms with Crippen molar-refractivity contribution in [3.8, 4) is 28.7 Å². The van der Waals surface area contributed by atoms with Crippen molar-refractivity contribution in [1.29, 1.82) is 0 Å². The summed E-state index contributed by atoms with van der Waals surface area (Å²) in [5, 5.41) is 7.88. The Kier molecular flexibility index (Phi) is 6.59. The van der Waals surface area contributed by atoms with E-state index < -0.39 is 22.7 Å². The maximum Gasteiger partial charge on any atom is 0.268 e. The van der Waals surface area contributed by atoms with Gasteiger partial charge in [-0.25, -0.2) is 9.37 Å². The first kappa shape index (κ1) is 22.7. The normalized spacial score (nSPS) is 13.3. The Bertz CT molecular complexity index is 1270. The number of benzene rings is 1. The summed E-state index contributed by atoms with van der Waals surface area (Å²) in [6, 6.07) is 7.76. The third kappa shape index (κ3) is 4.98. The lowest BCUT2D eigenvalue weighted by Gasteiger charge is -2.13. The van der Waals surface area contributed by atoms with Gasteiger partial charge >= 0.3 is 0 Å². The topological polar surface area (TPSA) is 117 Å². The predicted molar refractivity (Wildman–Crippen MR) is 117 cm³/mol. The molecular weight excluding hydrogens is 449 g/mol. The first-order valence-electron chi connectivity index (χ1n) is 10.3. The Balaban J connectivity index is 1.49. The summed E-state index contributed by atoms with van der Waals surface area (Å²) in [5.74, 6) is 1.45. The molecule has 172 valence electrons. The molecule has 0 saturated heterocycles. The Labute approximate surface area is 191 Å². The van der Waals surface area contributed by atoms with E-state index in [2.05, 4.69) is 25.3 Å². The van der Waals surface area contributed by atoms with Crippen molar-refractivity contribution in [3.63, 3.8) is 0 Å². The fourth-order valence-electron chi connectivity index (χ4n) is 2.98. The molecule has 0 bridgehead atoms. The average Bonchev–Trinajstić information content (AvgIpc) is 3.48. The van der Waals surface area contributed by atoms with Crippen LogP contribution >= 0.6 is 0 Å². The van der Waals surface area contributed by atoms with E-state index in [1.807, 2.05) is 20.8 Å². The van der Waals surface area contributed by atoms with Gasteiger partial charge in [-0.1, -0.05) is 31.1 Å². The van der Waals surface area contributed by atoms with Crippen LogP contribution in [0.1, 0.15) is 51.0 Å². The fraction of sp³-hybridized carbons (Fsp3) is 0.318. The number of pyridine rings is 1. The van der Waals surface area contributed by atoms with Crippen LogP contribution in [0.25, 0.3) is 22.9 Å². The molecule has 0 amide bonds. The van der Waals surface area contributed by atoms with Gasteiger partial charge in [0.05, 0.1) is 21.9 Å². The summed E-state index contributed by atoms with van der Waals surface area (Å²) in [5.41, 5.74) is 0.975. The Morgan fingerprint density at radius 1 is 1.06 bits per heavy atom. The predicted octanol–water partition coefficient (Wildman–Crippen LogP) is 4.71. The van der Waals surface area contributed by atoms with Gasteiger partial charge in [0.2, 0.25) is 17.5 Å². The van der Waals surface area contributed by atoms with Crippen LogP contribution in [0, 0.1) is 5.82 Å². The fourth-order valence-corrected chi connectivity index (χ4v) is 3.58. The summed E-state index contributed by atoms with van der Waals surface area (Å²) in [7, 11) is -1.42. The Morgan fingerprint density at radius 3 is 2.39 bits per heavy atom. The van der Waals surface area contributed by atoms with Gasteiger partial charge in [0.15, 0.2) is 6.10 Å². The lowest BCUT2D eigenvalue weighted by atomic mass is 10.2. The molecule has 2 unspecified atom stereocenters. The van der Waals surface area contributed by atoms with Crippen LogP contribution in [0.4, 0.5) is 4.39 Å². The molecular formula is C22H22FN5O4S. The lowest BCUT2D eigenvalue weighted by Crippen LogP contribution is -2.07. The molecule has 33 heavy (non-hydrogen) atoms. The number of rotatable bonds is 8. The maximum atomic E-state index is 14.2. The van der Waals surface area contributed by atoms with Gasteiger partial charge in [-0.2, -0.15) is 9.97 Å². The highest BCUT2D eigenvalue weighted by Crippen LogP contribution is 2.27. The molecule has 9 nitrogen and oxygen atoms in total. The van der Waals surface area contributed by atoms with Crippen molar-refractivity contribution in [1.82, 2.24) is 25.3 Å². The quantitative estimate of drug-likeness (QED) is 0.360. The minimum atomic E-state index is -1.42. The largest absolute Gasteiger partial charge is 0.479 e. The highest BCUT2D eigenvalue weighted by molar-refractivity contribution is 7.84. The first-order valence-corrected chi connectivity index (χ1v) is 11.8. The monoisotopic (exact) mass is 471 g/mol. The van der Waals surface area contributed by atoms with E-state index >= 15 is 0 Å². The van der Waals surface area contributed by atoms with Gasteiger partial charge in [0.1, 0.15) is 17.3 Å². The molecule has 0 aliphatic rings. The number of ether oxygens (including phenoxy) is 1. The second-order valence-corrected chi connectivity index (χ2v) is 8.91.